The number of carbonyl (C=O) groups excluding carboxylic acids is 1. The molecule has 1 aromatic rings. The van der Waals surface area contributed by atoms with Gasteiger partial charge in [0.05, 0.1) is 5.41 Å². The maximum Gasteiger partial charge on any atom is 0.313 e. The number of carbonyl (C=O) groups is 1. The fraction of sp³-hybridized carbons (Fsp3) is 0.611. The van der Waals surface area contributed by atoms with Gasteiger partial charge in [-0.1, -0.05) is 19.1 Å². The van der Waals surface area contributed by atoms with Crippen LogP contribution in [0.15, 0.2) is 12.1 Å². The SMILES string of the molecule is Cc1ccc2c3c1C[C@@H]1[C@@H]4C[C@H](C)[C@@](CC2)(C(=O)O4)[C@H]31. The predicted molar refractivity (Wildman–Crippen MR) is 75.5 cm³/mol. The number of hydrogen-bond donors (Lipinski definition) is 0. The highest BCUT2D eigenvalue weighted by Gasteiger charge is 2.67. The first-order valence-corrected chi connectivity index (χ1v) is 7.95. The second-order valence-corrected chi connectivity index (χ2v) is 7.40. The molecule has 2 bridgehead atoms. The Morgan fingerprint density at radius 2 is 2.20 bits per heavy atom. The zero-order valence-corrected chi connectivity index (χ0v) is 12.1. The molecular formula is C18H20O2. The quantitative estimate of drug-likeness (QED) is 0.676. The molecule has 0 amide bonds. The Morgan fingerprint density at radius 3 is 3.00 bits per heavy atom. The van der Waals surface area contributed by atoms with Crippen molar-refractivity contribution in [2.24, 2.45) is 17.3 Å². The molecule has 2 heteroatoms. The molecule has 3 fully saturated rings. The smallest absolute Gasteiger partial charge is 0.313 e. The van der Waals surface area contributed by atoms with Crippen LogP contribution in [0.5, 0.6) is 0 Å². The Hall–Kier alpha value is -1.31. The number of hydrogen-bond acceptors (Lipinski definition) is 2. The second kappa shape index (κ2) is 3.29. The summed E-state index contributed by atoms with van der Waals surface area (Å²) in [6, 6.07) is 4.58. The van der Waals surface area contributed by atoms with E-state index in [-0.39, 0.29) is 17.5 Å². The molecule has 1 saturated carbocycles. The van der Waals surface area contributed by atoms with E-state index in [1.807, 2.05) is 0 Å². The number of esters is 1. The first-order chi connectivity index (χ1) is 9.63. The van der Waals surface area contributed by atoms with Crippen molar-refractivity contribution in [2.75, 3.05) is 0 Å². The predicted octanol–water partition coefficient (Wildman–Crippen LogP) is 3.15. The molecule has 0 unspecified atom stereocenters. The molecule has 3 aliphatic carbocycles. The minimum absolute atomic E-state index is 0.113. The summed E-state index contributed by atoms with van der Waals surface area (Å²) in [6.07, 6.45) is 4.43. The molecule has 5 aliphatic rings. The van der Waals surface area contributed by atoms with Crippen LogP contribution in [-0.2, 0) is 22.4 Å². The molecule has 2 aliphatic heterocycles. The van der Waals surface area contributed by atoms with Gasteiger partial charge in [0.25, 0.3) is 0 Å². The third kappa shape index (κ3) is 1.01. The summed E-state index contributed by atoms with van der Waals surface area (Å²) in [5, 5.41) is 0. The lowest BCUT2D eigenvalue weighted by Crippen LogP contribution is -2.60. The van der Waals surface area contributed by atoms with Crippen LogP contribution in [-0.4, -0.2) is 12.1 Å². The van der Waals surface area contributed by atoms with E-state index in [4.69, 9.17) is 4.74 Å². The van der Waals surface area contributed by atoms with Crippen LogP contribution in [0.2, 0.25) is 0 Å². The second-order valence-electron chi connectivity index (χ2n) is 7.40. The molecular weight excluding hydrogens is 248 g/mol. The van der Waals surface area contributed by atoms with E-state index in [0.717, 1.165) is 25.7 Å². The van der Waals surface area contributed by atoms with Gasteiger partial charge in [-0.25, -0.2) is 0 Å². The summed E-state index contributed by atoms with van der Waals surface area (Å²) >= 11 is 0. The summed E-state index contributed by atoms with van der Waals surface area (Å²) in [5.41, 5.74) is 5.81. The van der Waals surface area contributed by atoms with Crippen LogP contribution in [0.4, 0.5) is 0 Å². The Bertz CT molecular complexity index is 647. The third-order valence-electron chi connectivity index (χ3n) is 6.80. The van der Waals surface area contributed by atoms with Gasteiger partial charge in [-0.05, 0) is 60.8 Å². The Balaban J connectivity index is 1.82. The van der Waals surface area contributed by atoms with E-state index in [1.54, 1.807) is 11.1 Å². The Labute approximate surface area is 119 Å². The highest BCUT2D eigenvalue weighted by molar-refractivity contribution is 5.82. The molecule has 2 saturated heterocycles. The van der Waals surface area contributed by atoms with Gasteiger partial charge in [0, 0.05) is 11.8 Å². The molecule has 2 nitrogen and oxygen atoms in total. The van der Waals surface area contributed by atoms with Crippen molar-refractivity contribution >= 4 is 5.97 Å². The number of rotatable bonds is 0. The molecule has 6 rings (SSSR count). The molecule has 104 valence electrons. The monoisotopic (exact) mass is 268 g/mol. The number of aryl methyl sites for hydroxylation is 2. The molecule has 0 N–H and O–H groups in total. The number of benzene rings is 1. The summed E-state index contributed by atoms with van der Waals surface area (Å²) in [6.45, 7) is 4.50. The van der Waals surface area contributed by atoms with E-state index in [2.05, 4.69) is 26.0 Å². The normalized spacial score (nSPS) is 43.4. The molecule has 0 aromatic heterocycles. The van der Waals surface area contributed by atoms with Gasteiger partial charge in [0.1, 0.15) is 6.10 Å². The van der Waals surface area contributed by atoms with Crippen molar-refractivity contribution in [1.82, 2.24) is 0 Å². The fourth-order valence-electron chi connectivity index (χ4n) is 5.85. The van der Waals surface area contributed by atoms with Crippen molar-refractivity contribution in [2.45, 2.75) is 51.6 Å². The lowest BCUT2D eigenvalue weighted by molar-refractivity contribution is -0.207. The highest BCUT2D eigenvalue weighted by Crippen LogP contribution is 2.67. The maximum absolute atomic E-state index is 12.7. The topological polar surface area (TPSA) is 26.3 Å². The highest BCUT2D eigenvalue weighted by atomic mass is 16.5. The van der Waals surface area contributed by atoms with Crippen LogP contribution < -0.4 is 0 Å². The minimum atomic E-state index is -0.203. The summed E-state index contributed by atoms with van der Waals surface area (Å²) in [4.78, 5) is 12.7. The molecule has 1 spiro atoms. The van der Waals surface area contributed by atoms with Gasteiger partial charge in [-0.15, -0.1) is 0 Å². The number of fused-ring (bicyclic) bond motifs is 2. The zero-order valence-electron chi connectivity index (χ0n) is 12.1. The van der Waals surface area contributed by atoms with E-state index in [9.17, 15) is 4.79 Å². The standard InChI is InChI=1S/C18H20O2/c1-9-3-4-11-5-6-18-10(2)7-14(20-17(18)19)13-8-12(9)15(11)16(13)18/h3-4,10,13-14,16H,5-8H2,1-2H3/t10-,13+,14-,16-,18+/m0/s1. The van der Waals surface area contributed by atoms with Crippen LogP contribution in [0.1, 0.15) is 47.9 Å². The average Bonchev–Trinajstić information content (AvgIpc) is 2.84. The first-order valence-electron chi connectivity index (χ1n) is 7.95. The summed E-state index contributed by atoms with van der Waals surface area (Å²) in [7, 11) is 0. The molecule has 5 atom stereocenters. The van der Waals surface area contributed by atoms with E-state index < -0.39 is 0 Å². The lowest BCUT2D eigenvalue weighted by atomic mass is 9.50. The van der Waals surface area contributed by atoms with Crippen LogP contribution in [0.3, 0.4) is 0 Å². The fourth-order valence-corrected chi connectivity index (χ4v) is 5.85. The zero-order chi connectivity index (χ0) is 13.6. The van der Waals surface area contributed by atoms with Gasteiger partial charge in [0.15, 0.2) is 0 Å². The van der Waals surface area contributed by atoms with E-state index in [1.165, 1.54) is 11.1 Å². The van der Waals surface area contributed by atoms with Crippen LogP contribution >= 0.6 is 0 Å². The van der Waals surface area contributed by atoms with Gasteiger partial charge in [0.2, 0.25) is 0 Å². The number of ether oxygens (including phenoxy) is 1. The van der Waals surface area contributed by atoms with Crippen LogP contribution in [0.25, 0.3) is 0 Å². The van der Waals surface area contributed by atoms with Crippen molar-refractivity contribution in [3.05, 3.63) is 34.4 Å². The molecule has 20 heavy (non-hydrogen) atoms. The van der Waals surface area contributed by atoms with Crippen molar-refractivity contribution in [1.29, 1.82) is 0 Å². The van der Waals surface area contributed by atoms with E-state index >= 15 is 0 Å². The minimum Gasteiger partial charge on any atom is -0.462 e. The van der Waals surface area contributed by atoms with Gasteiger partial charge in [-0.2, -0.15) is 0 Å². The lowest BCUT2D eigenvalue weighted by Gasteiger charge is -2.57. The first kappa shape index (κ1) is 11.4. The Morgan fingerprint density at radius 1 is 1.35 bits per heavy atom. The molecule has 2 heterocycles. The largest absolute Gasteiger partial charge is 0.462 e. The maximum atomic E-state index is 12.7. The molecule has 1 aromatic carbocycles. The Kier molecular flexibility index (Phi) is 1.87. The van der Waals surface area contributed by atoms with Crippen LogP contribution in [0, 0.1) is 24.2 Å². The van der Waals surface area contributed by atoms with Gasteiger partial charge in [-0.3, -0.25) is 4.79 Å². The summed E-state index contributed by atoms with van der Waals surface area (Å²) < 4.78 is 5.83. The summed E-state index contributed by atoms with van der Waals surface area (Å²) in [5.74, 6) is 1.60. The van der Waals surface area contributed by atoms with Crippen molar-refractivity contribution in [3.8, 4) is 0 Å². The van der Waals surface area contributed by atoms with Crippen molar-refractivity contribution < 1.29 is 9.53 Å². The molecule has 0 radical (unpaired) electrons. The van der Waals surface area contributed by atoms with E-state index in [0.29, 0.717) is 17.8 Å². The van der Waals surface area contributed by atoms with Gasteiger partial charge >= 0.3 is 5.97 Å². The van der Waals surface area contributed by atoms with Gasteiger partial charge < -0.3 is 4.74 Å². The average molecular weight is 268 g/mol. The third-order valence-corrected chi connectivity index (χ3v) is 6.80. The van der Waals surface area contributed by atoms with Crippen molar-refractivity contribution in [3.63, 3.8) is 0 Å².